The molecule has 4 aromatic rings. The van der Waals surface area contributed by atoms with Crippen molar-refractivity contribution in [2.75, 3.05) is 0 Å². The predicted octanol–water partition coefficient (Wildman–Crippen LogP) is 3.08. The number of H-pyrrole nitrogens is 1. The number of hydrogen-bond acceptors (Lipinski definition) is 6. The Kier molecular flexibility index (Phi) is 5.62. The Bertz CT molecular complexity index is 1240. The van der Waals surface area contributed by atoms with Gasteiger partial charge in [0.15, 0.2) is 11.3 Å². The van der Waals surface area contributed by atoms with Crippen molar-refractivity contribution in [1.29, 1.82) is 0 Å². The third-order valence-electron chi connectivity index (χ3n) is 5.89. The van der Waals surface area contributed by atoms with E-state index in [9.17, 15) is 4.79 Å². The third-order valence-corrected chi connectivity index (χ3v) is 5.89. The number of nitrogens with one attached hydrogen (secondary N) is 2. The highest BCUT2D eigenvalue weighted by atomic mass is 16.2. The minimum atomic E-state index is -0.236. The molecule has 0 unspecified atom stereocenters. The Hall–Kier alpha value is -3.62. The SMILES string of the molecule is Cc1ccncc1CNC(=O)c1cn(CCCCc2cc3cc(C4CC4)[nH]c3nn2)nn1. The van der Waals surface area contributed by atoms with E-state index in [1.165, 1.54) is 18.5 Å². The van der Waals surface area contributed by atoms with Gasteiger partial charge in [-0.25, -0.2) is 0 Å². The molecule has 1 saturated carbocycles. The highest BCUT2D eigenvalue weighted by Gasteiger charge is 2.25. The summed E-state index contributed by atoms with van der Waals surface area (Å²) in [6, 6.07) is 6.26. The van der Waals surface area contributed by atoms with Crippen LogP contribution in [-0.2, 0) is 19.5 Å². The van der Waals surface area contributed by atoms with Crippen LogP contribution in [0.3, 0.4) is 0 Å². The Morgan fingerprint density at radius 1 is 1.22 bits per heavy atom. The highest BCUT2D eigenvalue weighted by Crippen LogP contribution is 2.40. The minimum absolute atomic E-state index is 0.236. The minimum Gasteiger partial charge on any atom is -0.346 e. The van der Waals surface area contributed by atoms with Gasteiger partial charge in [0.2, 0.25) is 0 Å². The lowest BCUT2D eigenvalue weighted by molar-refractivity contribution is 0.0945. The summed E-state index contributed by atoms with van der Waals surface area (Å²) in [5.74, 6) is 0.446. The zero-order valence-corrected chi connectivity index (χ0v) is 18.1. The lowest BCUT2D eigenvalue weighted by Gasteiger charge is -2.05. The number of nitrogens with zero attached hydrogens (tertiary/aromatic N) is 6. The number of amides is 1. The number of rotatable bonds is 9. The lowest BCUT2D eigenvalue weighted by Crippen LogP contribution is -2.23. The van der Waals surface area contributed by atoms with Gasteiger partial charge in [0.05, 0.1) is 11.9 Å². The van der Waals surface area contributed by atoms with E-state index in [1.54, 1.807) is 23.3 Å². The van der Waals surface area contributed by atoms with Gasteiger partial charge < -0.3 is 10.3 Å². The molecule has 0 bridgehead atoms. The summed E-state index contributed by atoms with van der Waals surface area (Å²) in [6.45, 7) is 3.11. The van der Waals surface area contributed by atoms with Crippen molar-refractivity contribution >= 4 is 16.9 Å². The van der Waals surface area contributed by atoms with Crippen LogP contribution in [0, 0.1) is 6.92 Å². The molecule has 1 amide bonds. The van der Waals surface area contributed by atoms with E-state index in [2.05, 4.69) is 47.9 Å². The Morgan fingerprint density at radius 2 is 2.12 bits per heavy atom. The summed E-state index contributed by atoms with van der Waals surface area (Å²) in [7, 11) is 0. The van der Waals surface area contributed by atoms with Crippen LogP contribution in [0.5, 0.6) is 0 Å². The van der Waals surface area contributed by atoms with Gasteiger partial charge >= 0.3 is 0 Å². The number of carbonyl (C=O) groups excluding carboxylic acids is 1. The molecule has 0 aliphatic heterocycles. The number of unbranched alkanes of at least 4 members (excludes halogenated alkanes) is 1. The molecular weight excluding hydrogens is 404 g/mol. The van der Waals surface area contributed by atoms with E-state index in [0.717, 1.165) is 47.1 Å². The van der Waals surface area contributed by atoms with Gasteiger partial charge in [-0.15, -0.1) is 10.2 Å². The monoisotopic (exact) mass is 430 g/mol. The molecule has 0 aromatic carbocycles. The summed E-state index contributed by atoms with van der Waals surface area (Å²) in [5, 5.41) is 20.8. The number of hydrogen-bond donors (Lipinski definition) is 2. The zero-order valence-electron chi connectivity index (χ0n) is 18.1. The van der Waals surface area contributed by atoms with Gasteiger partial charge in [0, 0.05) is 36.6 Å². The van der Waals surface area contributed by atoms with Crippen LogP contribution in [0.2, 0.25) is 0 Å². The number of fused-ring (bicyclic) bond motifs is 1. The van der Waals surface area contributed by atoms with E-state index in [1.807, 2.05) is 13.0 Å². The maximum absolute atomic E-state index is 12.3. The van der Waals surface area contributed by atoms with E-state index < -0.39 is 0 Å². The lowest BCUT2D eigenvalue weighted by atomic mass is 10.1. The van der Waals surface area contributed by atoms with Gasteiger partial charge in [0.25, 0.3) is 5.91 Å². The first-order valence-corrected chi connectivity index (χ1v) is 11.1. The largest absolute Gasteiger partial charge is 0.346 e. The quantitative estimate of drug-likeness (QED) is 0.395. The number of aromatic amines is 1. The second-order valence-electron chi connectivity index (χ2n) is 8.45. The number of pyridine rings is 1. The highest BCUT2D eigenvalue weighted by molar-refractivity contribution is 5.91. The van der Waals surface area contributed by atoms with Crippen LogP contribution in [0.25, 0.3) is 11.0 Å². The van der Waals surface area contributed by atoms with Gasteiger partial charge in [-0.3, -0.25) is 14.5 Å². The smallest absolute Gasteiger partial charge is 0.273 e. The molecule has 32 heavy (non-hydrogen) atoms. The summed E-state index contributed by atoms with van der Waals surface area (Å²) >= 11 is 0. The third kappa shape index (κ3) is 4.66. The van der Waals surface area contributed by atoms with Crippen molar-refractivity contribution in [2.24, 2.45) is 0 Å². The summed E-state index contributed by atoms with van der Waals surface area (Å²) < 4.78 is 1.72. The van der Waals surface area contributed by atoms with Gasteiger partial charge in [-0.05, 0) is 74.3 Å². The predicted molar refractivity (Wildman–Crippen MR) is 119 cm³/mol. The van der Waals surface area contributed by atoms with E-state index >= 15 is 0 Å². The number of carbonyl (C=O) groups is 1. The molecule has 1 aliphatic rings. The molecule has 1 aliphatic carbocycles. The second kappa shape index (κ2) is 8.86. The van der Waals surface area contributed by atoms with Crippen molar-refractivity contribution < 1.29 is 4.79 Å². The first-order valence-electron chi connectivity index (χ1n) is 11.1. The normalized spacial score (nSPS) is 13.5. The average Bonchev–Trinajstić information content (AvgIpc) is 3.39. The molecule has 5 rings (SSSR count). The molecule has 0 spiro atoms. The van der Waals surface area contributed by atoms with Crippen LogP contribution in [0.15, 0.2) is 36.8 Å². The molecule has 9 nitrogen and oxygen atoms in total. The van der Waals surface area contributed by atoms with E-state index in [-0.39, 0.29) is 5.91 Å². The van der Waals surface area contributed by atoms with Gasteiger partial charge in [-0.2, -0.15) is 5.10 Å². The van der Waals surface area contributed by atoms with Crippen molar-refractivity contribution in [1.82, 2.24) is 40.5 Å². The second-order valence-corrected chi connectivity index (χ2v) is 8.45. The molecule has 4 heterocycles. The molecule has 164 valence electrons. The first-order chi connectivity index (χ1) is 15.7. The molecule has 0 atom stereocenters. The first kappa shape index (κ1) is 20.3. The van der Waals surface area contributed by atoms with Crippen molar-refractivity contribution in [3.8, 4) is 0 Å². The number of aromatic nitrogens is 7. The van der Waals surface area contributed by atoms with E-state index in [0.29, 0.717) is 24.7 Å². The van der Waals surface area contributed by atoms with Crippen LogP contribution in [0.1, 0.15) is 64.6 Å². The Labute approximate surface area is 185 Å². The van der Waals surface area contributed by atoms with E-state index in [4.69, 9.17) is 0 Å². The molecule has 2 N–H and O–H groups in total. The van der Waals surface area contributed by atoms with Crippen molar-refractivity contribution in [2.45, 2.75) is 58.0 Å². The maximum Gasteiger partial charge on any atom is 0.273 e. The fourth-order valence-electron chi connectivity index (χ4n) is 3.77. The summed E-state index contributed by atoms with van der Waals surface area (Å²) in [5.41, 5.74) is 5.56. The van der Waals surface area contributed by atoms with Crippen LogP contribution >= 0.6 is 0 Å². The topological polar surface area (TPSA) is 114 Å². The molecule has 0 radical (unpaired) electrons. The fraction of sp³-hybridized carbons (Fsp3) is 0.391. The molecule has 0 saturated heterocycles. The van der Waals surface area contributed by atoms with Crippen molar-refractivity contribution in [3.63, 3.8) is 0 Å². The van der Waals surface area contributed by atoms with Crippen LogP contribution in [-0.4, -0.2) is 41.1 Å². The standard InChI is InChI=1S/C23H26N8O/c1-15-7-8-24-12-18(15)13-25-23(32)21-14-31(30-28-21)9-3-2-4-19-10-17-11-20(16-5-6-16)26-22(17)29-27-19/h7-8,10-12,14,16H,2-6,9,13H2,1H3,(H,25,32)(H,26,29). The van der Waals surface area contributed by atoms with Crippen LogP contribution < -0.4 is 5.32 Å². The molecular formula is C23H26N8O. The summed E-state index contributed by atoms with van der Waals surface area (Å²) in [6.07, 6.45) is 10.5. The average molecular weight is 431 g/mol. The van der Waals surface area contributed by atoms with Gasteiger partial charge in [-0.1, -0.05) is 5.21 Å². The molecule has 9 heteroatoms. The molecule has 4 aromatic heterocycles. The Morgan fingerprint density at radius 3 is 2.97 bits per heavy atom. The fourth-order valence-corrected chi connectivity index (χ4v) is 3.77. The van der Waals surface area contributed by atoms with Crippen LogP contribution in [0.4, 0.5) is 0 Å². The van der Waals surface area contributed by atoms with Crippen molar-refractivity contribution in [3.05, 3.63) is 65.0 Å². The molecule has 1 fully saturated rings. The summed E-state index contributed by atoms with van der Waals surface area (Å²) in [4.78, 5) is 19.8. The Balaban J connectivity index is 1.08. The van der Waals surface area contributed by atoms with Gasteiger partial charge in [0.1, 0.15) is 0 Å². The number of aryl methyl sites for hydroxylation is 3. The zero-order chi connectivity index (χ0) is 21.9. The maximum atomic E-state index is 12.3.